The number of nitrogens with zero attached hydrogens (tertiary/aromatic N) is 4. The first kappa shape index (κ1) is 17.1. The second-order valence-corrected chi connectivity index (χ2v) is 5.34. The molecule has 1 heterocycles. The maximum Gasteiger partial charge on any atom is 0.292 e. The Morgan fingerprint density at radius 1 is 1.12 bits per heavy atom. The first-order valence-corrected chi connectivity index (χ1v) is 7.86. The zero-order valence-electron chi connectivity index (χ0n) is 13.7. The van der Waals surface area contributed by atoms with Crippen molar-refractivity contribution in [2.75, 3.05) is 18.4 Å². The fraction of sp³-hybridized carbons (Fsp3) is 0.118. The summed E-state index contributed by atoms with van der Waals surface area (Å²) in [6.07, 6.45) is 3.01. The summed E-state index contributed by atoms with van der Waals surface area (Å²) in [5.41, 5.74) is 1.74. The van der Waals surface area contributed by atoms with Gasteiger partial charge in [-0.15, -0.1) is 0 Å². The van der Waals surface area contributed by atoms with Crippen LogP contribution < -0.4 is 10.6 Å². The summed E-state index contributed by atoms with van der Waals surface area (Å²) in [6.45, 7) is 0.698. The van der Waals surface area contributed by atoms with E-state index in [1.807, 2.05) is 0 Å². The van der Waals surface area contributed by atoms with Crippen molar-refractivity contribution in [1.82, 2.24) is 20.1 Å². The average Bonchev–Trinajstić information content (AvgIpc) is 3.20. The second kappa shape index (κ2) is 7.88. The lowest BCUT2D eigenvalue weighted by Gasteiger charge is -2.09. The predicted octanol–water partition coefficient (Wildman–Crippen LogP) is 2.02. The number of benzene rings is 2. The van der Waals surface area contributed by atoms with E-state index in [0.29, 0.717) is 24.3 Å². The Labute approximate surface area is 148 Å². The number of nitrogens with one attached hydrogen (secondary N) is 2. The molecule has 0 aliphatic heterocycles. The lowest BCUT2D eigenvalue weighted by molar-refractivity contribution is -0.384. The highest BCUT2D eigenvalue weighted by molar-refractivity contribution is 5.94. The van der Waals surface area contributed by atoms with Crippen LogP contribution in [0.5, 0.6) is 0 Å². The SMILES string of the molecule is O=C(NCCNc1ccccc1[N+](=O)[O-])c1ccc(-n2cncn2)cc1. The molecule has 0 aliphatic carbocycles. The molecule has 0 bridgehead atoms. The van der Waals surface area contributed by atoms with E-state index in [4.69, 9.17) is 0 Å². The fourth-order valence-corrected chi connectivity index (χ4v) is 2.36. The Hall–Kier alpha value is -3.75. The van der Waals surface area contributed by atoms with Gasteiger partial charge >= 0.3 is 0 Å². The second-order valence-electron chi connectivity index (χ2n) is 5.34. The smallest absolute Gasteiger partial charge is 0.292 e. The van der Waals surface area contributed by atoms with Crippen molar-refractivity contribution in [2.45, 2.75) is 0 Å². The predicted molar refractivity (Wildman–Crippen MR) is 95.3 cm³/mol. The van der Waals surface area contributed by atoms with Gasteiger partial charge in [0.15, 0.2) is 0 Å². The number of anilines is 1. The highest BCUT2D eigenvalue weighted by Crippen LogP contribution is 2.22. The zero-order chi connectivity index (χ0) is 18.4. The van der Waals surface area contributed by atoms with Crippen LogP contribution in [0.3, 0.4) is 0 Å². The average molecular weight is 352 g/mol. The number of amides is 1. The van der Waals surface area contributed by atoms with Gasteiger partial charge in [-0.3, -0.25) is 14.9 Å². The molecule has 1 amide bonds. The third-order valence-corrected chi connectivity index (χ3v) is 3.64. The van der Waals surface area contributed by atoms with Crippen LogP contribution in [-0.2, 0) is 0 Å². The third kappa shape index (κ3) is 4.01. The molecule has 26 heavy (non-hydrogen) atoms. The van der Waals surface area contributed by atoms with E-state index in [2.05, 4.69) is 20.7 Å². The van der Waals surface area contributed by atoms with Gasteiger partial charge in [-0.1, -0.05) is 12.1 Å². The summed E-state index contributed by atoms with van der Waals surface area (Å²) >= 11 is 0. The summed E-state index contributed by atoms with van der Waals surface area (Å²) in [5.74, 6) is -0.223. The molecule has 0 saturated heterocycles. The molecule has 3 rings (SSSR count). The molecule has 1 aromatic heterocycles. The monoisotopic (exact) mass is 352 g/mol. The van der Waals surface area contributed by atoms with Crippen LogP contribution in [0.25, 0.3) is 5.69 Å². The van der Waals surface area contributed by atoms with E-state index in [9.17, 15) is 14.9 Å². The van der Waals surface area contributed by atoms with Gasteiger partial charge in [0.25, 0.3) is 11.6 Å². The van der Waals surface area contributed by atoms with Gasteiger partial charge in [-0.25, -0.2) is 9.67 Å². The maximum absolute atomic E-state index is 12.1. The topological polar surface area (TPSA) is 115 Å². The molecule has 132 valence electrons. The summed E-state index contributed by atoms with van der Waals surface area (Å²) in [6, 6.07) is 13.3. The highest BCUT2D eigenvalue weighted by Gasteiger charge is 2.11. The van der Waals surface area contributed by atoms with Gasteiger partial charge in [0.1, 0.15) is 18.3 Å². The number of carbonyl (C=O) groups excluding carboxylic acids is 1. The van der Waals surface area contributed by atoms with Gasteiger partial charge in [0.05, 0.1) is 10.6 Å². The first-order valence-electron chi connectivity index (χ1n) is 7.86. The number of carbonyl (C=O) groups is 1. The summed E-state index contributed by atoms with van der Waals surface area (Å²) in [5, 5.41) is 20.7. The molecular formula is C17H16N6O3. The summed E-state index contributed by atoms with van der Waals surface area (Å²) < 4.78 is 1.60. The number of nitro groups is 1. The minimum Gasteiger partial charge on any atom is -0.378 e. The minimum atomic E-state index is -0.447. The van der Waals surface area contributed by atoms with E-state index in [-0.39, 0.29) is 11.6 Å². The molecule has 0 fully saturated rings. The molecule has 0 saturated carbocycles. The van der Waals surface area contributed by atoms with Gasteiger partial charge in [-0.2, -0.15) is 5.10 Å². The van der Waals surface area contributed by atoms with Gasteiger partial charge in [-0.05, 0) is 30.3 Å². The fourth-order valence-electron chi connectivity index (χ4n) is 2.36. The lowest BCUT2D eigenvalue weighted by atomic mass is 10.2. The van der Waals surface area contributed by atoms with E-state index < -0.39 is 4.92 Å². The number of nitro benzene ring substituents is 1. The molecular weight excluding hydrogens is 336 g/mol. The number of rotatable bonds is 7. The minimum absolute atomic E-state index is 0.00234. The van der Waals surface area contributed by atoms with Crippen molar-refractivity contribution >= 4 is 17.3 Å². The van der Waals surface area contributed by atoms with Crippen LogP contribution in [0.2, 0.25) is 0 Å². The molecule has 0 atom stereocenters. The first-order chi connectivity index (χ1) is 12.6. The van der Waals surface area contributed by atoms with Crippen molar-refractivity contribution in [3.63, 3.8) is 0 Å². The van der Waals surface area contributed by atoms with E-state index in [1.54, 1.807) is 53.5 Å². The third-order valence-electron chi connectivity index (χ3n) is 3.64. The Bertz CT molecular complexity index is 893. The number of hydrogen-bond donors (Lipinski definition) is 2. The largest absolute Gasteiger partial charge is 0.378 e. The molecule has 0 radical (unpaired) electrons. The van der Waals surface area contributed by atoms with Crippen molar-refractivity contribution in [3.8, 4) is 5.69 Å². The van der Waals surface area contributed by atoms with Crippen molar-refractivity contribution in [1.29, 1.82) is 0 Å². The maximum atomic E-state index is 12.1. The molecule has 0 aliphatic rings. The van der Waals surface area contributed by atoms with Crippen molar-refractivity contribution in [3.05, 3.63) is 76.9 Å². The normalized spacial score (nSPS) is 10.3. The van der Waals surface area contributed by atoms with Crippen LogP contribution >= 0.6 is 0 Å². The summed E-state index contributed by atoms with van der Waals surface area (Å²) in [7, 11) is 0. The summed E-state index contributed by atoms with van der Waals surface area (Å²) in [4.78, 5) is 26.5. The lowest BCUT2D eigenvalue weighted by Crippen LogP contribution is -2.28. The van der Waals surface area contributed by atoms with Crippen LogP contribution in [0.1, 0.15) is 10.4 Å². The van der Waals surface area contributed by atoms with Gasteiger partial charge in [0.2, 0.25) is 0 Å². The van der Waals surface area contributed by atoms with Gasteiger partial charge < -0.3 is 10.6 Å². The number of aromatic nitrogens is 3. The van der Waals surface area contributed by atoms with E-state index in [1.165, 1.54) is 12.4 Å². The Morgan fingerprint density at radius 3 is 2.58 bits per heavy atom. The van der Waals surface area contributed by atoms with Gasteiger partial charge in [0, 0.05) is 24.7 Å². The van der Waals surface area contributed by atoms with Crippen molar-refractivity contribution < 1.29 is 9.72 Å². The van der Waals surface area contributed by atoms with Crippen LogP contribution in [0.15, 0.2) is 61.2 Å². The molecule has 2 aromatic carbocycles. The van der Waals surface area contributed by atoms with Crippen LogP contribution in [0, 0.1) is 10.1 Å². The van der Waals surface area contributed by atoms with Crippen molar-refractivity contribution in [2.24, 2.45) is 0 Å². The number of hydrogen-bond acceptors (Lipinski definition) is 6. The zero-order valence-corrected chi connectivity index (χ0v) is 13.7. The Morgan fingerprint density at radius 2 is 1.88 bits per heavy atom. The molecule has 9 heteroatoms. The highest BCUT2D eigenvalue weighted by atomic mass is 16.6. The molecule has 9 nitrogen and oxygen atoms in total. The van der Waals surface area contributed by atoms with Crippen LogP contribution in [-0.4, -0.2) is 38.7 Å². The molecule has 0 unspecified atom stereocenters. The molecule has 0 spiro atoms. The standard InChI is InChI=1S/C17H16N6O3/c24-17(13-5-7-14(8-6-13)22-12-18-11-21-22)20-10-9-19-15-3-1-2-4-16(15)23(25)26/h1-8,11-12,19H,9-10H2,(H,20,24). The Kier molecular flexibility index (Phi) is 5.18. The van der Waals surface area contributed by atoms with E-state index in [0.717, 1.165) is 5.69 Å². The van der Waals surface area contributed by atoms with Crippen LogP contribution in [0.4, 0.5) is 11.4 Å². The molecule has 2 N–H and O–H groups in total. The Balaban J connectivity index is 1.51. The number of para-hydroxylation sites is 2. The molecule has 3 aromatic rings. The quantitative estimate of drug-likeness (QED) is 0.382. The van der Waals surface area contributed by atoms with E-state index >= 15 is 0 Å².